The average molecular weight is 289 g/mol. The van der Waals surface area contributed by atoms with Crippen LogP contribution in [0.25, 0.3) is 0 Å². The van der Waals surface area contributed by atoms with Crippen molar-refractivity contribution in [1.82, 2.24) is 19.4 Å². The van der Waals surface area contributed by atoms with E-state index in [1.165, 1.54) is 64.0 Å². The molecule has 116 valence electrons. The molecule has 1 aliphatic carbocycles. The molecule has 2 aliphatic heterocycles. The normalized spacial score (nSPS) is 29.3. The van der Waals surface area contributed by atoms with E-state index < -0.39 is 0 Å². The van der Waals surface area contributed by atoms with Gasteiger partial charge in [-0.1, -0.05) is 0 Å². The van der Waals surface area contributed by atoms with Gasteiger partial charge >= 0.3 is 0 Å². The summed E-state index contributed by atoms with van der Waals surface area (Å²) in [6.45, 7) is 5.90. The number of aromatic nitrogens is 2. The Balaban J connectivity index is 1.32. The number of nitrogens with zero attached hydrogens (tertiary/aromatic N) is 4. The molecule has 2 saturated heterocycles. The lowest BCUT2D eigenvalue weighted by atomic mass is 10.0. The van der Waals surface area contributed by atoms with Gasteiger partial charge in [0.05, 0.1) is 12.0 Å². The second-order valence-corrected chi connectivity index (χ2v) is 7.07. The third-order valence-electron chi connectivity index (χ3n) is 5.41. The van der Waals surface area contributed by atoms with E-state index in [0.717, 1.165) is 18.6 Å². The monoisotopic (exact) mass is 289 g/mol. The van der Waals surface area contributed by atoms with Crippen LogP contribution >= 0.6 is 0 Å². The van der Waals surface area contributed by atoms with Crippen LogP contribution in [-0.2, 0) is 6.54 Å². The van der Waals surface area contributed by atoms with E-state index in [2.05, 4.69) is 25.5 Å². The third kappa shape index (κ3) is 3.00. The summed E-state index contributed by atoms with van der Waals surface area (Å²) in [5, 5.41) is 0. The number of nitrogens with two attached hydrogens (primary N) is 1. The lowest BCUT2D eigenvalue weighted by molar-refractivity contribution is 0.151. The van der Waals surface area contributed by atoms with Crippen LogP contribution in [-0.4, -0.2) is 57.6 Å². The molecule has 21 heavy (non-hydrogen) atoms. The van der Waals surface area contributed by atoms with E-state index in [9.17, 15) is 0 Å². The van der Waals surface area contributed by atoms with Gasteiger partial charge in [-0.3, -0.25) is 9.80 Å². The van der Waals surface area contributed by atoms with Crippen molar-refractivity contribution in [2.75, 3.05) is 26.2 Å². The number of hydrogen-bond donors (Lipinski definition) is 1. The van der Waals surface area contributed by atoms with E-state index in [4.69, 9.17) is 5.73 Å². The van der Waals surface area contributed by atoms with Crippen molar-refractivity contribution in [2.24, 2.45) is 5.73 Å². The highest BCUT2D eigenvalue weighted by Gasteiger charge is 2.31. The molecule has 0 radical (unpaired) electrons. The number of piperidine rings is 1. The van der Waals surface area contributed by atoms with Crippen LogP contribution in [0.2, 0.25) is 0 Å². The number of hydrogen-bond acceptors (Lipinski definition) is 4. The first-order chi connectivity index (χ1) is 10.3. The van der Waals surface area contributed by atoms with Crippen molar-refractivity contribution in [1.29, 1.82) is 0 Å². The number of likely N-dealkylation sites (tertiary alicyclic amines) is 2. The zero-order chi connectivity index (χ0) is 14.2. The number of imidazole rings is 1. The molecule has 2 N–H and O–H groups in total. The first-order valence-electron chi connectivity index (χ1n) is 8.52. The Labute approximate surface area is 127 Å². The van der Waals surface area contributed by atoms with Crippen LogP contribution in [0.5, 0.6) is 0 Å². The fraction of sp³-hybridized carbons (Fsp3) is 0.812. The van der Waals surface area contributed by atoms with Crippen molar-refractivity contribution in [3.63, 3.8) is 0 Å². The summed E-state index contributed by atoms with van der Waals surface area (Å²) < 4.78 is 2.40. The van der Waals surface area contributed by atoms with Crippen molar-refractivity contribution in [3.8, 4) is 0 Å². The van der Waals surface area contributed by atoms with Crippen molar-refractivity contribution in [2.45, 2.75) is 56.8 Å². The van der Waals surface area contributed by atoms with Crippen LogP contribution in [0.1, 0.15) is 43.8 Å². The summed E-state index contributed by atoms with van der Waals surface area (Å²) in [4.78, 5) is 9.63. The lowest BCUT2D eigenvalue weighted by Gasteiger charge is -2.34. The zero-order valence-electron chi connectivity index (χ0n) is 12.8. The van der Waals surface area contributed by atoms with Gasteiger partial charge in [-0.05, 0) is 45.2 Å². The molecule has 1 atom stereocenters. The second kappa shape index (κ2) is 5.71. The maximum absolute atomic E-state index is 6.02. The Hall–Kier alpha value is -0.910. The molecule has 0 amide bonds. The predicted molar refractivity (Wildman–Crippen MR) is 83.0 cm³/mol. The Bertz CT molecular complexity index is 473. The van der Waals surface area contributed by atoms with Gasteiger partial charge in [0.1, 0.15) is 0 Å². The molecule has 0 bridgehead atoms. The van der Waals surface area contributed by atoms with E-state index in [1.54, 1.807) is 0 Å². The molecule has 4 rings (SSSR count). The van der Waals surface area contributed by atoms with Crippen LogP contribution in [0, 0.1) is 0 Å². The van der Waals surface area contributed by atoms with Gasteiger partial charge in [-0.15, -0.1) is 0 Å². The maximum atomic E-state index is 6.02. The van der Waals surface area contributed by atoms with Gasteiger partial charge in [0.2, 0.25) is 0 Å². The molecular formula is C16H27N5. The van der Waals surface area contributed by atoms with E-state index in [-0.39, 0.29) is 0 Å². The molecule has 0 spiro atoms. The summed E-state index contributed by atoms with van der Waals surface area (Å²) in [5.41, 5.74) is 7.42. The standard InChI is InChI=1S/C16H27N5/c17-13-3-7-20(8-4-13)15-5-6-19(10-15)11-16-9-18-12-21(16)14-1-2-14/h9,12-15H,1-8,10-11,17H2. The van der Waals surface area contributed by atoms with Crippen LogP contribution in [0.15, 0.2) is 12.5 Å². The molecular weight excluding hydrogens is 262 g/mol. The first-order valence-corrected chi connectivity index (χ1v) is 8.52. The van der Waals surface area contributed by atoms with E-state index in [1.807, 2.05) is 6.33 Å². The minimum Gasteiger partial charge on any atom is -0.330 e. The van der Waals surface area contributed by atoms with Crippen molar-refractivity contribution in [3.05, 3.63) is 18.2 Å². The molecule has 1 aromatic heterocycles. The quantitative estimate of drug-likeness (QED) is 0.905. The van der Waals surface area contributed by atoms with Gasteiger partial charge < -0.3 is 10.3 Å². The van der Waals surface area contributed by atoms with Crippen molar-refractivity contribution < 1.29 is 0 Å². The summed E-state index contributed by atoms with van der Waals surface area (Å²) in [6, 6.07) is 1.92. The number of rotatable bonds is 4. The predicted octanol–water partition coefficient (Wildman–Crippen LogP) is 1.22. The third-order valence-corrected chi connectivity index (χ3v) is 5.41. The summed E-state index contributed by atoms with van der Waals surface area (Å²) in [6.07, 6.45) is 10.4. The highest BCUT2D eigenvalue weighted by Crippen LogP contribution is 2.36. The van der Waals surface area contributed by atoms with Crippen LogP contribution in [0.3, 0.4) is 0 Å². The van der Waals surface area contributed by atoms with Gasteiger partial charge in [0.15, 0.2) is 0 Å². The fourth-order valence-corrected chi connectivity index (χ4v) is 3.90. The van der Waals surface area contributed by atoms with Crippen LogP contribution in [0.4, 0.5) is 0 Å². The lowest BCUT2D eigenvalue weighted by Crippen LogP contribution is -2.46. The molecule has 3 fully saturated rings. The summed E-state index contributed by atoms with van der Waals surface area (Å²) >= 11 is 0. The minimum absolute atomic E-state index is 0.437. The zero-order valence-corrected chi connectivity index (χ0v) is 12.8. The fourth-order valence-electron chi connectivity index (χ4n) is 3.90. The largest absolute Gasteiger partial charge is 0.330 e. The Morgan fingerprint density at radius 2 is 1.86 bits per heavy atom. The smallest absolute Gasteiger partial charge is 0.0951 e. The Kier molecular flexibility index (Phi) is 3.73. The maximum Gasteiger partial charge on any atom is 0.0951 e. The summed E-state index contributed by atoms with van der Waals surface area (Å²) in [5.74, 6) is 0. The SMILES string of the molecule is NC1CCN(C2CCN(Cc3cncn3C3CC3)C2)CC1. The molecule has 1 unspecified atom stereocenters. The van der Waals surface area contributed by atoms with E-state index >= 15 is 0 Å². The molecule has 5 heteroatoms. The minimum atomic E-state index is 0.437. The van der Waals surface area contributed by atoms with E-state index in [0.29, 0.717) is 6.04 Å². The molecule has 5 nitrogen and oxygen atoms in total. The van der Waals surface area contributed by atoms with Gasteiger partial charge in [-0.25, -0.2) is 4.98 Å². The Morgan fingerprint density at radius 1 is 1.05 bits per heavy atom. The first kappa shape index (κ1) is 13.7. The molecule has 0 aromatic carbocycles. The molecule has 1 saturated carbocycles. The van der Waals surface area contributed by atoms with Crippen molar-refractivity contribution >= 4 is 0 Å². The topological polar surface area (TPSA) is 50.3 Å². The van der Waals surface area contributed by atoms with Gasteiger partial charge in [0.25, 0.3) is 0 Å². The van der Waals surface area contributed by atoms with Gasteiger partial charge in [-0.2, -0.15) is 0 Å². The molecule has 3 heterocycles. The van der Waals surface area contributed by atoms with Crippen LogP contribution < -0.4 is 5.73 Å². The summed E-state index contributed by atoms with van der Waals surface area (Å²) in [7, 11) is 0. The highest BCUT2D eigenvalue weighted by atomic mass is 15.3. The Morgan fingerprint density at radius 3 is 2.62 bits per heavy atom. The highest BCUT2D eigenvalue weighted by molar-refractivity contribution is 5.04. The second-order valence-electron chi connectivity index (χ2n) is 7.07. The molecule has 1 aromatic rings. The average Bonchev–Trinajstić information content (AvgIpc) is 3.05. The molecule has 3 aliphatic rings. The van der Waals surface area contributed by atoms with Gasteiger partial charge in [0, 0.05) is 44.0 Å².